The number of phenols is 1. The first-order chi connectivity index (χ1) is 10.9. The second kappa shape index (κ2) is 6.08. The van der Waals surface area contributed by atoms with E-state index in [2.05, 4.69) is 4.98 Å². The van der Waals surface area contributed by atoms with Crippen molar-refractivity contribution < 1.29 is 9.90 Å². The van der Waals surface area contributed by atoms with Gasteiger partial charge in [-0.25, -0.2) is 4.98 Å². The van der Waals surface area contributed by atoms with Gasteiger partial charge in [-0.1, -0.05) is 41.5 Å². The number of aromatic hydroxyl groups is 1. The second-order valence-corrected chi connectivity index (χ2v) is 8.45. The Hall–Kier alpha value is -2.10. The summed E-state index contributed by atoms with van der Waals surface area (Å²) in [5.74, 6) is 1.13. The molecule has 0 fully saturated rings. The zero-order valence-corrected chi connectivity index (χ0v) is 15.8. The number of rotatable bonds is 3. The second-order valence-electron chi connectivity index (χ2n) is 8.45. The van der Waals surface area contributed by atoms with Crippen molar-refractivity contribution in [2.75, 3.05) is 0 Å². The number of carbonyl (C=O) groups is 1. The van der Waals surface area contributed by atoms with Gasteiger partial charge in [-0.05, 0) is 29.9 Å². The van der Waals surface area contributed by atoms with Gasteiger partial charge < -0.3 is 9.67 Å². The normalized spacial score (nSPS) is 12.5. The molecule has 0 unspecified atom stereocenters. The molecular weight excluding hydrogens is 300 g/mol. The Kier molecular flexibility index (Phi) is 4.62. The van der Waals surface area contributed by atoms with Crippen molar-refractivity contribution in [3.63, 3.8) is 0 Å². The van der Waals surface area contributed by atoms with Crippen LogP contribution < -0.4 is 0 Å². The van der Waals surface area contributed by atoms with Crippen LogP contribution in [0.5, 0.6) is 5.75 Å². The van der Waals surface area contributed by atoms with Crippen molar-refractivity contribution >= 4 is 5.78 Å². The van der Waals surface area contributed by atoms with Crippen molar-refractivity contribution in [2.24, 2.45) is 0 Å². The molecule has 0 saturated heterocycles. The number of hydrogen-bond acceptors (Lipinski definition) is 3. The van der Waals surface area contributed by atoms with Crippen molar-refractivity contribution in [3.05, 3.63) is 47.0 Å². The molecule has 0 aliphatic heterocycles. The fourth-order valence-electron chi connectivity index (χ4n) is 2.76. The lowest BCUT2D eigenvalue weighted by Gasteiger charge is -2.28. The molecule has 0 amide bonds. The summed E-state index contributed by atoms with van der Waals surface area (Å²) < 4.78 is 1.84. The van der Waals surface area contributed by atoms with Gasteiger partial charge in [-0.15, -0.1) is 0 Å². The predicted molar refractivity (Wildman–Crippen MR) is 96.8 cm³/mol. The lowest BCUT2D eigenvalue weighted by molar-refractivity contribution is 0.0971. The van der Waals surface area contributed by atoms with Crippen LogP contribution >= 0.6 is 0 Å². The van der Waals surface area contributed by atoms with Crippen LogP contribution in [0.4, 0.5) is 0 Å². The lowest BCUT2D eigenvalue weighted by Crippen LogP contribution is -2.20. The number of phenolic OH excluding ortho intramolecular Hbond substituents is 1. The van der Waals surface area contributed by atoms with Crippen LogP contribution in [0, 0.1) is 6.92 Å². The molecule has 0 atom stereocenters. The predicted octanol–water partition coefficient (Wildman–Crippen LogP) is 4.38. The Labute approximate surface area is 144 Å². The lowest BCUT2D eigenvalue weighted by atomic mass is 9.78. The minimum Gasteiger partial charge on any atom is -0.507 e. The van der Waals surface area contributed by atoms with E-state index >= 15 is 0 Å². The van der Waals surface area contributed by atoms with Crippen LogP contribution in [0.1, 0.15) is 68.9 Å². The molecule has 130 valence electrons. The zero-order valence-electron chi connectivity index (χ0n) is 15.8. The molecule has 0 aliphatic carbocycles. The minimum atomic E-state index is -0.245. The van der Waals surface area contributed by atoms with Crippen molar-refractivity contribution in [2.45, 2.75) is 65.8 Å². The van der Waals surface area contributed by atoms with Gasteiger partial charge in [0.25, 0.3) is 0 Å². The molecule has 2 aromatic rings. The van der Waals surface area contributed by atoms with Crippen LogP contribution in [0.15, 0.2) is 24.5 Å². The standard InChI is InChI=1S/C20H28N2O2/c1-13-21-8-9-22(13)12-17(23)14-10-15(19(2,3)4)18(24)16(11-14)20(5,6)7/h8-11,24H,12H2,1-7H3. The van der Waals surface area contributed by atoms with E-state index in [9.17, 15) is 9.90 Å². The minimum absolute atomic E-state index is 0.0205. The van der Waals surface area contributed by atoms with Crippen LogP contribution in [0.25, 0.3) is 0 Å². The molecule has 0 saturated carbocycles. The van der Waals surface area contributed by atoms with E-state index in [4.69, 9.17) is 0 Å². The van der Waals surface area contributed by atoms with Crippen LogP contribution in [0.3, 0.4) is 0 Å². The van der Waals surface area contributed by atoms with E-state index in [0.29, 0.717) is 11.3 Å². The summed E-state index contributed by atoms with van der Waals surface area (Å²) in [5, 5.41) is 10.7. The number of benzene rings is 1. The van der Waals surface area contributed by atoms with Crippen molar-refractivity contribution in [1.29, 1.82) is 0 Å². The number of nitrogens with zero attached hydrogens (tertiary/aromatic N) is 2. The van der Waals surface area contributed by atoms with E-state index < -0.39 is 0 Å². The number of hydrogen-bond donors (Lipinski definition) is 1. The third-order valence-electron chi connectivity index (χ3n) is 4.29. The smallest absolute Gasteiger partial charge is 0.182 e. The Bertz CT molecular complexity index is 724. The number of carbonyl (C=O) groups excluding carboxylic acids is 1. The molecule has 4 nitrogen and oxygen atoms in total. The van der Waals surface area contributed by atoms with E-state index in [0.717, 1.165) is 17.0 Å². The quantitative estimate of drug-likeness (QED) is 0.851. The molecule has 0 aliphatic rings. The molecule has 1 aromatic carbocycles. The van der Waals surface area contributed by atoms with Gasteiger partial charge >= 0.3 is 0 Å². The fourth-order valence-corrected chi connectivity index (χ4v) is 2.76. The van der Waals surface area contributed by atoms with Gasteiger partial charge in [0.1, 0.15) is 11.6 Å². The van der Waals surface area contributed by atoms with Crippen molar-refractivity contribution in [3.8, 4) is 5.75 Å². The summed E-state index contributed by atoms with van der Waals surface area (Å²) in [6, 6.07) is 3.67. The molecule has 0 radical (unpaired) electrons. The zero-order chi connectivity index (χ0) is 18.3. The molecule has 2 rings (SSSR count). The van der Waals surface area contributed by atoms with Gasteiger partial charge in [0.15, 0.2) is 5.78 Å². The monoisotopic (exact) mass is 328 g/mol. The maximum Gasteiger partial charge on any atom is 0.182 e. The van der Waals surface area contributed by atoms with Crippen LogP contribution in [-0.4, -0.2) is 20.4 Å². The van der Waals surface area contributed by atoms with Gasteiger partial charge in [0.2, 0.25) is 0 Å². The number of aryl methyl sites for hydroxylation is 1. The third-order valence-corrected chi connectivity index (χ3v) is 4.29. The molecule has 1 aromatic heterocycles. The summed E-state index contributed by atoms with van der Waals surface area (Å²) in [7, 11) is 0. The molecular formula is C20H28N2O2. The summed E-state index contributed by atoms with van der Waals surface area (Å²) in [6.07, 6.45) is 3.50. The maximum atomic E-state index is 12.8. The average molecular weight is 328 g/mol. The van der Waals surface area contributed by atoms with E-state index in [1.165, 1.54) is 0 Å². The summed E-state index contributed by atoms with van der Waals surface area (Å²) in [4.78, 5) is 17.0. The highest BCUT2D eigenvalue weighted by molar-refractivity contribution is 5.96. The molecule has 0 bridgehead atoms. The highest BCUT2D eigenvalue weighted by Crippen LogP contribution is 2.39. The van der Waals surface area contributed by atoms with Crippen LogP contribution in [-0.2, 0) is 17.4 Å². The van der Waals surface area contributed by atoms with Gasteiger partial charge in [0.05, 0.1) is 6.54 Å². The topological polar surface area (TPSA) is 55.1 Å². The molecule has 1 heterocycles. The first kappa shape index (κ1) is 18.2. The van der Waals surface area contributed by atoms with Crippen molar-refractivity contribution in [1.82, 2.24) is 9.55 Å². The Morgan fingerprint density at radius 2 is 1.58 bits per heavy atom. The largest absolute Gasteiger partial charge is 0.507 e. The molecule has 4 heteroatoms. The first-order valence-corrected chi connectivity index (χ1v) is 8.30. The molecule has 1 N–H and O–H groups in total. The average Bonchev–Trinajstić information content (AvgIpc) is 2.81. The SMILES string of the molecule is Cc1nccn1CC(=O)c1cc(C(C)(C)C)c(O)c(C(C)(C)C)c1. The van der Waals surface area contributed by atoms with E-state index in [1.54, 1.807) is 6.20 Å². The summed E-state index contributed by atoms with van der Waals surface area (Å²) in [5.41, 5.74) is 1.76. The number of aromatic nitrogens is 2. The van der Waals surface area contributed by atoms with E-state index in [1.807, 2.05) is 71.4 Å². The molecule has 0 spiro atoms. The van der Waals surface area contributed by atoms with E-state index in [-0.39, 0.29) is 23.2 Å². The maximum absolute atomic E-state index is 12.8. The van der Waals surface area contributed by atoms with Gasteiger partial charge in [-0.2, -0.15) is 0 Å². The van der Waals surface area contributed by atoms with Gasteiger partial charge in [-0.3, -0.25) is 4.79 Å². The Balaban J connectivity index is 2.54. The summed E-state index contributed by atoms with van der Waals surface area (Å²) >= 11 is 0. The number of Topliss-reactive ketones (excluding diaryl/α,β-unsaturated/α-hetero) is 1. The summed E-state index contributed by atoms with van der Waals surface area (Å²) in [6.45, 7) is 14.4. The third kappa shape index (κ3) is 3.69. The first-order valence-electron chi connectivity index (χ1n) is 8.30. The van der Waals surface area contributed by atoms with Gasteiger partial charge in [0, 0.05) is 29.1 Å². The fraction of sp³-hybridized carbons (Fsp3) is 0.500. The highest BCUT2D eigenvalue weighted by Gasteiger charge is 2.27. The Morgan fingerprint density at radius 3 is 1.96 bits per heavy atom. The molecule has 24 heavy (non-hydrogen) atoms. The number of imidazole rings is 1. The highest BCUT2D eigenvalue weighted by atomic mass is 16.3. The Morgan fingerprint density at radius 1 is 1.08 bits per heavy atom. The van der Waals surface area contributed by atoms with Crippen LogP contribution in [0.2, 0.25) is 0 Å². The number of ketones is 1.